The van der Waals surface area contributed by atoms with Crippen LogP contribution in [-0.4, -0.2) is 23.6 Å². The standard InChI is InChI=1S/C19H17FN2O3S/c1-25-18(24)9-10-22-15-8-7-14(20)12-16(15)26-19(22)21-17(23)11-13-5-3-2-4-6-13/h2-8,12H,9-11H2,1H3. The van der Waals surface area contributed by atoms with Crippen LogP contribution in [0.15, 0.2) is 53.5 Å². The Morgan fingerprint density at radius 2 is 1.96 bits per heavy atom. The van der Waals surface area contributed by atoms with Crippen molar-refractivity contribution in [2.24, 2.45) is 4.99 Å². The van der Waals surface area contributed by atoms with E-state index in [2.05, 4.69) is 9.73 Å². The van der Waals surface area contributed by atoms with Crippen molar-refractivity contribution in [3.05, 3.63) is 64.7 Å². The van der Waals surface area contributed by atoms with E-state index in [0.717, 1.165) is 11.1 Å². The number of hydrogen-bond acceptors (Lipinski definition) is 4. The number of aromatic nitrogens is 1. The van der Waals surface area contributed by atoms with Crippen molar-refractivity contribution in [1.29, 1.82) is 0 Å². The molecule has 0 saturated carbocycles. The van der Waals surface area contributed by atoms with Crippen LogP contribution < -0.4 is 4.80 Å². The molecule has 1 aromatic heterocycles. The maximum absolute atomic E-state index is 13.5. The fourth-order valence-corrected chi connectivity index (χ4v) is 3.67. The summed E-state index contributed by atoms with van der Waals surface area (Å²) in [5, 5.41) is 0. The van der Waals surface area contributed by atoms with E-state index in [1.165, 1.54) is 30.6 Å². The molecule has 0 fully saturated rings. The number of nitrogens with zero attached hydrogens (tertiary/aromatic N) is 2. The Morgan fingerprint density at radius 3 is 2.69 bits per heavy atom. The van der Waals surface area contributed by atoms with Crippen LogP contribution in [0.1, 0.15) is 12.0 Å². The van der Waals surface area contributed by atoms with Crippen LogP contribution in [0.25, 0.3) is 10.2 Å². The molecular formula is C19H17FN2O3S. The van der Waals surface area contributed by atoms with Gasteiger partial charge in [-0.15, -0.1) is 0 Å². The van der Waals surface area contributed by atoms with Gasteiger partial charge in [0.1, 0.15) is 5.82 Å². The second-order valence-electron chi connectivity index (χ2n) is 5.64. The normalized spacial score (nSPS) is 11.7. The summed E-state index contributed by atoms with van der Waals surface area (Å²) in [7, 11) is 1.32. The first-order valence-electron chi connectivity index (χ1n) is 8.04. The summed E-state index contributed by atoms with van der Waals surface area (Å²) in [6, 6.07) is 13.7. The zero-order chi connectivity index (χ0) is 18.5. The van der Waals surface area contributed by atoms with E-state index in [4.69, 9.17) is 0 Å². The molecule has 1 amide bonds. The van der Waals surface area contributed by atoms with E-state index >= 15 is 0 Å². The largest absolute Gasteiger partial charge is 0.469 e. The minimum Gasteiger partial charge on any atom is -0.469 e. The summed E-state index contributed by atoms with van der Waals surface area (Å²) < 4.78 is 20.6. The highest BCUT2D eigenvalue weighted by Gasteiger charge is 2.11. The average molecular weight is 372 g/mol. The third kappa shape index (κ3) is 4.23. The number of halogens is 1. The predicted molar refractivity (Wildman–Crippen MR) is 97.1 cm³/mol. The Bertz CT molecular complexity index is 1010. The number of amides is 1. The van der Waals surface area contributed by atoms with Gasteiger partial charge in [-0.3, -0.25) is 9.59 Å². The number of fused-ring (bicyclic) bond motifs is 1. The van der Waals surface area contributed by atoms with Gasteiger partial charge in [0.25, 0.3) is 5.91 Å². The van der Waals surface area contributed by atoms with Crippen molar-refractivity contribution in [3.63, 3.8) is 0 Å². The van der Waals surface area contributed by atoms with Gasteiger partial charge in [0, 0.05) is 6.54 Å². The highest BCUT2D eigenvalue weighted by molar-refractivity contribution is 7.16. The molecule has 0 saturated heterocycles. The second-order valence-corrected chi connectivity index (χ2v) is 6.65. The molecule has 0 atom stereocenters. The smallest absolute Gasteiger partial charge is 0.307 e. The number of aryl methyl sites for hydroxylation is 1. The predicted octanol–water partition coefficient (Wildman–Crippen LogP) is 3.08. The first kappa shape index (κ1) is 18.0. The summed E-state index contributed by atoms with van der Waals surface area (Å²) in [5.41, 5.74) is 1.60. The van der Waals surface area contributed by atoms with Gasteiger partial charge in [0.2, 0.25) is 0 Å². The van der Waals surface area contributed by atoms with Crippen molar-refractivity contribution in [2.45, 2.75) is 19.4 Å². The molecule has 5 nitrogen and oxygen atoms in total. The lowest BCUT2D eigenvalue weighted by Gasteiger charge is -2.04. The molecule has 3 aromatic rings. The number of ether oxygens (including phenoxy) is 1. The topological polar surface area (TPSA) is 60.7 Å². The van der Waals surface area contributed by atoms with Crippen LogP contribution in [0, 0.1) is 5.82 Å². The zero-order valence-corrected chi connectivity index (χ0v) is 15.0. The summed E-state index contributed by atoms with van der Waals surface area (Å²) in [6.45, 7) is 0.301. The van der Waals surface area contributed by atoms with E-state index in [1.807, 2.05) is 30.3 Å². The summed E-state index contributed by atoms with van der Waals surface area (Å²) in [5.74, 6) is -1.02. The van der Waals surface area contributed by atoms with Gasteiger partial charge in [-0.2, -0.15) is 4.99 Å². The highest BCUT2D eigenvalue weighted by Crippen LogP contribution is 2.19. The molecule has 26 heavy (non-hydrogen) atoms. The number of hydrogen-bond donors (Lipinski definition) is 0. The fourth-order valence-electron chi connectivity index (χ4n) is 2.57. The number of thiazole rings is 1. The molecule has 1 heterocycles. The molecule has 0 spiro atoms. The van der Waals surface area contributed by atoms with Gasteiger partial charge in [0.15, 0.2) is 4.80 Å². The van der Waals surface area contributed by atoms with Crippen LogP contribution in [0.3, 0.4) is 0 Å². The molecule has 0 aliphatic heterocycles. The first-order chi connectivity index (χ1) is 12.6. The van der Waals surface area contributed by atoms with Gasteiger partial charge < -0.3 is 9.30 Å². The van der Waals surface area contributed by atoms with Crippen LogP contribution in [0.5, 0.6) is 0 Å². The van der Waals surface area contributed by atoms with Gasteiger partial charge in [0.05, 0.1) is 30.2 Å². The van der Waals surface area contributed by atoms with E-state index in [0.29, 0.717) is 16.0 Å². The van der Waals surface area contributed by atoms with Crippen LogP contribution in [0.4, 0.5) is 4.39 Å². The Morgan fingerprint density at radius 1 is 1.19 bits per heavy atom. The van der Waals surface area contributed by atoms with Gasteiger partial charge in [-0.1, -0.05) is 41.7 Å². The minimum atomic E-state index is -0.361. The molecular weight excluding hydrogens is 355 g/mol. The Labute approximate surface area is 153 Å². The molecule has 0 aliphatic carbocycles. The van der Waals surface area contributed by atoms with Crippen molar-refractivity contribution in [1.82, 2.24) is 4.57 Å². The lowest BCUT2D eigenvalue weighted by molar-refractivity contribution is -0.140. The molecule has 0 N–H and O–H groups in total. The molecule has 3 rings (SSSR count). The maximum atomic E-state index is 13.5. The van der Waals surface area contributed by atoms with E-state index in [9.17, 15) is 14.0 Å². The van der Waals surface area contributed by atoms with Crippen molar-refractivity contribution in [2.75, 3.05) is 7.11 Å². The van der Waals surface area contributed by atoms with Crippen molar-refractivity contribution in [3.8, 4) is 0 Å². The van der Waals surface area contributed by atoms with Gasteiger partial charge in [-0.05, 0) is 23.8 Å². The number of carbonyl (C=O) groups excluding carboxylic acids is 2. The molecule has 134 valence electrons. The number of benzene rings is 2. The minimum absolute atomic E-state index is 0.139. The molecule has 7 heteroatoms. The van der Waals surface area contributed by atoms with E-state index in [1.54, 1.807) is 10.6 Å². The fraction of sp³-hybridized carbons (Fsp3) is 0.211. The number of rotatable bonds is 5. The van der Waals surface area contributed by atoms with Gasteiger partial charge in [-0.25, -0.2) is 4.39 Å². The number of carbonyl (C=O) groups is 2. The third-order valence-electron chi connectivity index (χ3n) is 3.83. The molecule has 0 aliphatic rings. The molecule has 0 unspecified atom stereocenters. The highest BCUT2D eigenvalue weighted by atomic mass is 32.1. The zero-order valence-electron chi connectivity index (χ0n) is 14.1. The van der Waals surface area contributed by atoms with Crippen molar-refractivity contribution < 1.29 is 18.7 Å². The van der Waals surface area contributed by atoms with Crippen molar-refractivity contribution >= 4 is 33.4 Å². The molecule has 0 radical (unpaired) electrons. The van der Waals surface area contributed by atoms with Crippen LogP contribution >= 0.6 is 11.3 Å². The quantitative estimate of drug-likeness (QED) is 0.647. The average Bonchev–Trinajstić information content (AvgIpc) is 2.96. The lowest BCUT2D eigenvalue weighted by Crippen LogP contribution is -2.19. The first-order valence-corrected chi connectivity index (χ1v) is 8.85. The monoisotopic (exact) mass is 372 g/mol. The third-order valence-corrected chi connectivity index (χ3v) is 4.87. The summed E-state index contributed by atoms with van der Waals surface area (Å²) in [4.78, 5) is 28.4. The van der Waals surface area contributed by atoms with Gasteiger partial charge >= 0.3 is 5.97 Å². The van der Waals surface area contributed by atoms with Crippen LogP contribution in [0.2, 0.25) is 0 Å². The Kier molecular flexibility index (Phi) is 5.58. The van der Waals surface area contributed by atoms with E-state index in [-0.39, 0.29) is 30.5 Å². The number of esters is 1. The summed E-state index contributed by atoms with van der Waals surface area (Å²) in [6.07, 6.45) is 0.320. The molecule has 0 bridgehead atoms. The Balaban J connectivity index is 1.97. The SMILES string of the molecule is COC(=O)CCn1c(=NC(=O)Cc2ccccc2)sc2cc(F)ccc21. The summed E-state index contributed by atoms with van der Waals surface area (Å²) >= 11 is 1.22. The second kappa shape index (κ2) is 8.05. The van der Waals surface area contributed by atoms with E-state index < -0.39 is 0 Å². The maximum Gasteiger partial charge on any atom is 0.307 e. The van der Waals surface area contributed by atoms with Crippen LogP contribution in [-0.2, 0) is 27.3 Å². The molecule has 2 aromatic carbocycles. The lowest BCUT2D eigenvalue weighted by atomic mass is 10.1. The number of methoxy groups -OCH3 is 1. The Hall–Kier alpha value is -2.80.